The first-order chi connectivity index (χ1) is 18.3. The first kappa shape index (κ1) is 34.9. The highest BCUT2D eigenvalue weighted by atomic mass is 32.2. The number of imide groups is 1. The lowest BCUT2D eigenvalue weighted by Crippen LogP contribution is -2.51. The van der Waals surface area contributed by atoms with Crippen LogP contribution in [0.1, 0.15) is 67.2 Å². The molecular formula is C26H41N3O10S. The van der Waals surface area contributed by atoms with E-state index in [0.717, 1.165) is 17.1 Å². The van der Waals surface area contributed by atoms with E-state index < -0.39 is 75.6 Å². The first-order valence-corrected chi connectivity index (χ1v) is 14.6. The first-order valence-electron chi connectivity index (χ1n) is 13.1. The number of amides is 4. The topological polar surface area (TPSA) is 193 Å². The SMILES string of the molecule is CC(C)[C@H](NC(=O)C(CCN1C(=O)C=CC1=O)S(=O)(=O)O)C(=O)C[C@@H](C)C(=O)NCCCC(=O)OCC(C)(C)C. The van der Waals surface area contributed by atoms with Crippen LogP contribution in [-0.4, -0.2) is 84.2 Å². The van der Waals surface area contributed by atoms with Crippen LogP contribution in [0.3, 0.4) is 0 Å². The molecular weight excluding hydrogens is 546 g/mol. The molecule has 1 unspecified atom stereocenters. The van der Waals surface area contributed by atoms with Crippen molar-refractivity contribution in [2.75, 3.05) is 19.7 Å². The van der Waals surface area contributed by atoms with Gasteiger partial charge in [0, 0.05) is 44.0 Å². The van der Waals surface area contributed by atoms with Gasteiger partial charge in [-0.1, -0.05) is 41.5 Å². The summed E-state index contributed by atoms with van der Waals surface area (Å²) >= 11 is 0. The van der Waals surface area contributed by atoms with Crippen LogP contribution in [-0.2, 0) is 43.6 Å². The zero-order valence-electron chi connectivity index (χ0n) is 23.9. The van der Waals surface area contributed by atoms with Crippen molar-refractivity contribution >= 4 is 45.5 Å². The maximum Gasteiger partial charge on any atom is 0.305 e. The van der Waals surface area contributed by atoms with Crippen LogP contribution in [0.15, 0.2) is 12.2 Å². The highest BCUT2D eigenvalue weighted by molar-refractivity contribution is 7.87. The number of esters is 1. The molecule has 3 N–H and O–H groups in total. The van der Waals surface area contributed by atoms with E-state index >= 15 is 0 Å². The van der Waals surface area contributed by atoms with E-state index in [-0.39, 0.29) is 37.4 Å². The van der Waals surface area contributed by atoms with Crippen molar-refractivity contribution in [3.05, 3.63) is 12.2 Å². The summed E-state index contributed by atoms with van der Waals surface area (Å²) in [6.07, 6.45) is 1.63. The standard InChI is InChI=1S/C26H41N3O10S/c1-16(2)23(28-25(35)19(40(36,37)38)11-13-29-20(31)9-10-21(29)32)18(30)14-17(3)24(34)27-12-7-8-22(33)39-15-26(4,5)6/h9-10,16-17,19,23H,7-8,11-15H2,1-6H3,(H,27,34)(H,28,35)(H,36,37,38)/t17-,19?,23+/m1/s1. The van der Waals surface area contributed by atoms with Gasteiger partial charge in [0.2, 0.25) is 11.8 Å². The lowest BCUT2D eigenvalue weighted by Gasteiger charge is -2.25. The molecule has 0 radical (unpaired) electrons. The molecule has 13 nitrogen and oxygen atoms in total. The molecule has 1 aliphatic heterocycles. The lowest BCUT2D eigenvalue weighted by atomic mass is 9.92. The lowest BCUT2D eigenvalue weighted by molar-refractivity contribution is -0.146. The largest absolute Gasteiger partial charge is 0.465 e. The van der Waals surface area contributed by atoms with E-state index in [9.17, 15) is 41.7 Å². The van der Waals surface area contributed by atoms with Crippen LogP contribution in [0.2, 0.25) is 0 Å². The number of nitrogens with one attached hydrogen (secondary N) is 2. The summed E-state index contributed by atoms with van der Waals surface area (Å²) < 4.78 is 38.6. The second-order valence-electron chi connectivity index (χ2n) is 11.4. The minimum absolute atomic E-state index is 0.122. The van der Waals surface area contributed by atoms with E-state index in [4.69, 9.17) is 4.74 Å². The van der Waals surface area contributed by atoms with Gasteiger partial charge in [-0.3, -0.25) is 38.2 Å². The van der Waals surface area contributed by atoms with E-state index in [1.165, 1.54) is 6.92 Å². The molecule has 1 rings (SSSR count). The van der Waals surface area contributed by atoms with Gasteiger partial charge in [-0.05, 0) is 24.2 Å². The Hall–Kier alpha value is -3.13. The zero-order chi connectivity index (χ0) is 30.8. The van der Waals surface area contributed by atoms with Crippen molar-refractivity contribution in [1.82, 2.24) is 15.5 Å². The minimum Gasteiger partial charge on any atom is -0.465 e. The molecule has 0 aromatic rings. The van der Waals surface area contributed by atoms with Gasteiger partial charge in [0.15, 0.2) is 11.0 Å². The molecule has 0 fully saturated rings. The predicted octanol–water partition coefficient (Wildman–Crippen LogP) is 0.780. The number of hydrogen-bond donors (Lipinski definition) is 3. The van der Waals surface area contributed by atoms with Crippen LogP contribution in [0.5, 0.6) is 0 Å². The highest BCUT2D eigenvalue weighted by Gasteiger charge is 2.36. The number of nitrogens with zero attached hydrogens (tertiary/aromatic N) is 1. The molecule has 3 atom stereocenters. The molecule has 226 valence electrons. The molecule has 0 aromatic heterocycles. The molecule has 0 aliphatic carbocycles. The van der Waals surface area contributed by atoms with Gasteiger partial charge in [-0.25, -0.2) is 0 Å². The summed E-state index contributed by atoms with van der Waals surface area (Å²) in [4.78, 5) is 74.2. The van der Waals surface area contributed by atoms with Crippen LogP contribution in [0, 0.1) is 17.3 Å². The van der Waals surface area contributed by atoms with Gasteiger partial charge in [0.1, 0.15) is 0 Å². The Bertz CT molecular complexity index is 1090. The maximum atomic E-state index is 13.0. The highest BCUT2D eigenvalue weighted by Crippen LogP contribution is 2.15. The molecule has 1 heterocycles. The normalized spacial score (nSPS) is 16.1. The van der Waals surface area contributed by atoms with E-state index in [1.807, 2.05) is 20.8 Å². The van der Waals surface area contributed by atoms with E-state index in [1.54, 1.807) is 13.8 Å². The van der Waals surface area contributed by atoms with E-state index in [2.05, 4.69) is 10.6 Å². The van der Waals surface area contributed by atoms with Crippen molar-refractivity contribution in [2.45, 2.75) is 78.5 Å². The third kappa shape index (κ3) is 11.9. The zero-order valence-corrected chi connectivity index (χ0v) is 24.7. The Morgan fingerprint density at radius 2 is 1.60 bits per heavy atom. The monoisotopic (exact) mass is 587 g/mol. The number of hydrogen-bond acceptors (Lipinski definition) is 9. The van der Waals surface area contributed by atoms with Gasteiger partial charge < -0.3 is 15.4 Å². The summed E-state index contributed by atoms with van der Waals surface area (Å²) in [5, 5.41) is 2.96. The maximum absolute atomic E-state index is 13.0. The Kier molecular flexibility index (Phi) is 13.1. The number of Topliss-reactive ketones (excluding diaryl/α,β-unsaturated/α-hetero) is 1. The molecule has 14 heteroatoms. The van der Waals surface area contributed by atoms with Gasteiger partial charge in [0.25, 0.3) is 21.9 Å². The average molecular weight is 588 g/mol. The second kappa shape index (κ2) is 15.0. The third-order valence-electron chi connectivity index (χ3n) is 5.96. The van der Waals surface area contributed by atoms with Crippen molar-refractivity contribution in [3.63, 3.8) is 0 Å². The van der Waals surface area contributed by atoms with Crippen molar-refractivity contribution < 1.29 is 46.5 Å². The molecule has 40 heavy (non-hydrogen) atoms. The Morgan fingerprint density at radius 3 is 2.10 bits per heavy atom. The summed E-state index contributed by atoms with van der Waals surface area (Å²) in [6, 6.07) is -1.17. The van der Waals surface area contributed by atoms with E-state index in [0.29, 0.717) is 6.42 Å². The molecule has 0 bridgehead atoms. The molecule has 0 spiro atoms. The number of ketones is 1. The summed E-state index contributed by atoms with van der Waals surface area (Å²) in [5.74, 6) is -5.13. The summed E-state index contributed by atoms with van der Waals surface area (Å²) in [6.45, 7) is 10.6. The van der Waals surface area contributed by atoms with Gasteiger partial charge >= 0.3 is 5.97 Å². The predicted molar refractivity (Wildman–Crippen MR) is 144 cm³/mol. The number of carbonyl (C=O) groups is 6. The van der Waals surface area contributed by atoms with Crippen molar-refractivity contribution in [1.29, 1.82) is 0 Å². The van der Waals surface area contributed by atoms with Crippen LogP contribution in [0.25, 0.3) is 0 Å². The van der Waals surface area contributed by atoms with Crippen molar-refractivity contribution in [3.8, 4) is 0 Å². The average Bonchev–Trinajstić information content (AvgIpc) is 3.14. The van der Waals surface area contributed by atoms with Gasteiger partial charge in [-0.15, -0.1) is 0 Å². The van der Waals surface area contributed by atoms with Gasteiger partial charge in [-0.2, -0.15) is 8.42 Å². The second-order valence-corrected chi connectivity index (χ2v) is 13.0. The minimum atomic E-state index is -4.94. The third-order valence-corrected chi connectivity index (χ3v) is 7.13. The Balaban J connectivity index is 2.66. The Morgan fingerprint density at radius 1 is 1.02 bits per heavy atom. The van der Waals surface area contributed by atoms with Crippen LogP contribution in [0.4, 0.5) is 0 Å². The molecule has 0 aromatic carbocycles. The molecule has 0 saturated carbocycles. The fourth-order valence-electron chi connectivity index (χ4n) is 3.69. The fourth-order valence-corrected chi connectivity index (χ4v) is 4.43. The van der Waals surface area contributed by atoms with Crippen LogP contribution >= 0.6 is 0 Å². The molecule has 1 aliphatic rings. The smallest absolute Gasteiger partial charge is 0.305 e. The number of rotatable bonds is 16. The van der Waals surface area contributed by atoms with Crippen LogP contribution < -0.4 is 10.6 Å². The van der Waals surface area contributed by atoms with Gasteiger partial charge in [0.05, 0.1) is 12.6 Å². The molecule has 4 amide bonds. The molecule has 0 saturated heterocycles. The summed E-state index contributed by atoms with van der Waals surface area (Å²) in [5.41, 5.74) is -0.154. The summed E-state index contributed by atoms with van der Waals surface area (Å²) in [7, 11) is -4.94. The Labute approximate surface area is 235 Å². The number of ether oxygens (including phenoxy) is 1. The van der Waals surface area contributed by atoms with Crippen molar-refractivity contribution in [2.24, 2.45) is 17.3 Å². The fraction of sp³-hybridized carbons (Fsp3) is 0.692. The number of carbonyl (C=O) groups excluding carboxylic acids is 6. The quantitative estimate of drug-likeness (QED) is 0.101.